The van der Waals surface area contributed by atoms with Crippen LogP contribution in [0.15, 0.2) is 65.1 Å². The normalized spacial score (nSPS) is 10.9. The van der Waals surface area contributed by atoms with Crippen LogP contribution >= 0.6 is 11.6 Å². The van der Waals surface area contributed by atoms with Crippen LogP contribution in [0.5, 0.6) is 11.5 Å². The molecule has 0 aliphatic carbocycles. The second-order valence-electron chi connectivity index (χ2n) is 5.57. The number of methoxy groups -OCH3 is 1. The van der Waals surface area contributed by atoms with E-state index in [1.165, 1.54) is 31.4 Å². The standard InChI is InChI=1S/C21H16ClFO4/c1-25-21-5-3-2-4-17(21)20(24)11-9-14-6-7-16(27-14)13-26-15-8-10-19(23)18(22)12-15/h2-12H,13H2,1H3/b11-9+. The number of halogens is 2. The van der Waals surface area contributed by atoms with Gasteiger partial charge in [0.25, 0.3) is 0 Å². The van der Waals surface area contributed by atoms with Gasteiger partial charge in [-0.25, -0.2) is 4.39 Å². The zero-order chi connectivity index (χ0) is 19.2. The first-order valence-electron chi connectivity index (χ1n) is 8.09. The third kappa shape index (κ3) is 4.77. The zero-order valence-corrected chi connectivity index (χ0v) is 15.2. The van der Waals surface area contributed by atoms with Gasteiger partial charge in [0, 0.05) is 6.07 Å². The van der Waals surface area contributed by atoms with Gasteiger partial charge >= 0.3 is 0 Å². The average Bonchev–Trinajstić information content (AvgIpc) is 3.15. The molecule has 1 heterocycles. The van der Waals surface area contributed by atoms with Crippen molar-refractivity contribution >= 4 is 23.5 Å². The number of benzene rings is 2. The number of ether oxygens (including phenoxy) is 2. The molecule has 0 atom stereocenters. The van der Waals surface area contributed by atoms with Crippen molar-refractivity contribution in [3.63, 3.8) is 0 Å². The summed E-state index contributed by atoms with van der Waals surface area (Å²) in [5.41, 5.74) is 0.472. The second-order valence-corrected chi connectivity index (χ2v) is 5.97. The van der Waals surface area contributed by atoms with Crippen molar-refractivity contribution in [1.29, 1.82) is 0 Å². The molecule has 0 aliphatic rings. The van der Waals surface area contributed by atoms with Gasteiger partial charge in [-0.05, 0) is 48.6 Å². The summed E-state index contributed by atoms with van der Waals surface area (Å²) in [6, 6.07) is 14.6. The number of allylic oxidation sites excluding steroid dienone is 1. The van der Waals surface area contributed by atoms with Gasteiger partial charge < -0.3 is 13.9 Å². The van der Waals surface area contributed by atoms with Gasteiger partial charge in [0.15, 0.2) is 5.78 Å². The Morgan fingerprint density at radius 2 is 2.00 bits per heavy atom. The van der Waals surface area contributed by atoms with Crippen LogP contribution in [0.25, 0.3) is 6.08 Å². The van der Waals surface area contributed by atoms with E-state index in [0.717, 1.165) is 0 Å². The summed E-state index contributed by atoms with van der Waals surface area (Å²) >= 11 is 5.71. The van der Waals surface area contributed by atoms with Crippen LogP contribution in [0.1, 0.15) is 21.9 Å². The average molecular weight is 387 g/mol. The first-order valence-corrected chi connectivity index (χ1v) is 8.46. The van der Waals surface area contributed by atoms with Crippen molar-refractivity contribution in [2.24, 2.45) is 0 Å². The molecule has 0 amide bonds. The quantitative estimate of drug-likeness (QED) is 0.394. The van der Waals surface area contributed by atoms with Crippen LogP contribution in [0.3, 0.4) is 0 Å². The van der Waals surface area contributed by atoms with Crippen molar-refractivity contribution in [3.05, 3.63) is 88.6 Å². The lowest BCUT2D eigenvalue weighted by Gasteiger charge is -2.05. The largest absolute Gasteiger partial charge is 0.496 e. The van der Waals surface area contributed by atoms with Gasteiger partial charge in [-0.15, -0.1) is 0 Å². The molecule has 4 nitrogen and oxygen atoms in total. The molecule has 2 aromatic carbocycles. The summed E-state index contributed by atoms with van der Waals surface area (Å²) < 4.78 is 29.4. The molecule has 138 valence electrons. The highest BCUT2D eigenvalue weighted by Crippen LogP contribution is 2.23. The lowest BCUT2D eigenvalue weighted by atomic mass is 10.1. The van der Waals surface area contributed by atoms with Gasteiger partial charge in [0.05, 0.1) is 17.7 Å². The first-order chi connectivity index (χ1) is 13.1. The third-order valence-corrected chi connectivity index (χ3v) is 4.02. The van der Waals surface area contributed by atoms with Gasteiger partial charge in [-0.1, -0.05) is 23.7 Å². The minimum atomic E-state index is -0.505. The molecule has 0 N–H and O–H groups in total. The topological polar surface area (TPSA) is 48.7 Å². The lowest BCUT2D eigenvalue weighted by Crippen LogP contribution is -1.98. The molecule has 0 saturated carbocycles. The molecule has 0 fully saturated rings. The number of hydrogen-bond donors (Lipinski definition) is 0. The Labute approximate surface area is 160 Å². The predicted molar refractivity (Wildman–Crippen MR) is 101 cm³/mol. The van der Waals surface area contributed by atoms with Crippen molar-refractivity contribution in [1.82, 2.24) is 0 Å². The molecule has 0 aliphatic heterocycles. The van der Waals surface area contributed by atoms with Crippen LogP contribution in [0.2, 0.25) is 5.02 Å². The molecule has 1 aromatic heterocycles. The van der Waals surface area contributed by atoms with Crippen molar-refractivity contribution < 1.29 is 23.1 Å². The maximum absolute atomic E-state index is 13.1. The van der Waals surface area contributed by atoms with Crippen LogP contribution in [0.4, 0.5) is 4.39 Å². The number of ketones is 1. The Morgan fingerprint density at radius 1 is 1.19 bits per heavy atom. The minimum absolute atomic E-state index is 0.00887. The van der Waals surface area contributed by atoms with Gasteiger partial charge in [0.2, 0.25) is 0 Å². The van der Waals surface area contributed by atoms with E-state index in [4.69, 9.17) is 25.5 Å². The Kier molecular flexibility index (Phi) is 5.94. The SMILES string of the molecule is COc1ccccc1C(=O)/C=C/c1ccc(COc2ccc(F)c(Cl)c2)o1. The number of carbonyl (C=O) groups is 1. The summed E-state index contributed by atoms with van der Waals surface area (Å²) in [6.45, 7) is 0.149. The molecule has 0 bridgehead atoms. The summed E-state index contributed by atoms with van der Waals surface area (Å²) in [5.74, 6) is 1.31. The number of hydrogen-bond acceptors (Lipinski definition) is 4. The van der Waals surface area contributed by atoms with Crippen LogP contribution in [-0.4, -0.2) is 12.9 Å². The Hall–Kier alpha value is -3.05. The highest BCUT2D eigenvalue weighted by molar-refractivity contribution is 6.30. The van der Waals surface area contributed by atoms with E-state index < -0.39 is 5.82 Å². The first kappa shape index (κ1) is 18.7. The van der Waals surface area contributed by atoms with E-state index in [2.05, 4.69) is 0 Å². The van der Waals surface area contributed by atoms with E-state index in [0.29, 0.717) is 28.6 Å². The predicted octanol–water partition coefficient (Wildman–Crippen LogP) is 5.56. The fourth-order valence-electron chi connectivity index (χ4n) is 2.38. The van der Waals surface area contributed by atoms with E-state index in [1.54, 1.807) is 42.5 Å². The molecule has 0 unspecified atom stereocenters. The molecule has 3 aromatic rings. The van der Waals surface area contributed by atoms with E-state index in [-0.39, 0.29) is 17.4 Å². The summed E-state index contributed by atoms with van der Waals surface area (Å²) in [4.78, 5) is 12.3. The number of furan rings is 1. The van der Waals surface area contributed by atoms with E-state index in [9.17, 15) is 9.18 Å². The second kappa shape index (κ2) is 8.56. The molecular weight excluding hydrogens is 371 g/mol. The number of para-hydroxylation sites is 1. The fraction of sp³-hybridized carbons (Fsp3) is 0.0952. The molecular formula is C21H16ClFO4. The van der Waals surface area contributed by atoms with E-state index in [1.807, 2.05) is 0 Å². The van der Waals surface area contributed by atoms with Crippen molar-refractivity contribution in [2.75, 3.05) is 7.11 Å². The van der Waals surface area contributed by atoms with Crippen LogP contribution in [-0.2, 0) is 6.61 Å². The third-order valence-electron chi connectivity index (χ3n) is 3.73. The summed E-state index contributed by atoms with van der Waals surface area (Å²) in [7, 11) is 1.52. The molecule has 3 rings (SSSR count). The number of carbonyl (C=O) groups excluding carboxylic acids is 1. The molecule has 0 radical (unpaired) electrons. The molecule has 27 heavy (non-hydrogen) atoms. The smallest absolute Gasteiger partial charge is 0.189 e. The van der Waals surface area contributed by atoms with Gasteiger partial charge in [-0.3, -0.25) is 4.79 Å². The van der Waals surface area contributed by atoms with Crippen LogP contribution < -0.4 is 9.47 Å². The monoisotopic (exact) mass is 386 g/mol. The Balaban J connectivity index is 1.62. The maximum atomic E-state index is 13.1. The highest BCUT2D eigenvalue weighted by Gasteiger charge is 2.09. The van der Waals surface area contributed by atoms with Crippen LogP contribution in [0, 0.1) is 5.82 Å². The summed E-state index contributed by atoms with van der Waals surface area (Å²) in [6.07, 6.45) is 2.99. The minimum Gasteiger partial charge on any atom is -0.496 e. The van der Waals surface area contributed by atoms with Gasteiger partial charge in [-0.2, -0.15) is 0 Å². The van der Waals surface area contributed by atoms with Crippen molar-refractivity contribution in [3.8, 4) is 11.5 Å². The summed E-state index contributed by atoms with van der Waals surface area (Å²) in [5, 5.41) is -0.00887. The highest BCUT2D eigenvalue weighted by atomic mass is 35.5. The van der Waals surface area contributed by atoms with Crippen molar-refractivity contribution in [2.45, 2.75) is 6.61 Å². The maximum Gasteiger partial charge on any atom is 0.189 e. The fourth-order valence-corrected chi connectivity index (χ4v) is 2.55. The Morgan fingerprint density at radius 3 is 2.78 bits per heavy atom. The number of rotatable bonds is 7. The Bertz CT molecular complexity index is 978. The zero-order valence-electron chi connectivity index (χ0n) is 14.4. The van der Waals surface area contributed by atoms with Gasteiger partial charge in [0.1, 0.15) is 35.4 Å². The van der Waals surface area contributed by atoms with E-state index >= 15 is 0 Å². The molecule has 0 saturated heterocycles. The lowest BCUT2D eigenvalue weighted by molar-refractivity contribution is 0.104. The molecule has 6 heteroatoms. The molecule has 0 spiro atoms.